The highest BCUT2D eigenvalue weighted by atomic mass is 32.2. The van der Waals surface area contributed by atoms with Crippen molar-refractivity contribution in [3.05, 3.63) is 0 Å². The lowest BCUT2D eigenvalue weighted by Gasteiger charge is -2.28. The summed E-state index contributed by atoms with van der Waals surface area (Å²) in [5, 5.41) is 26.6. The predicted molar refractivity (Wildman–Crippen MR) is 116 cm³/mol. The van der Waals surface area contributed by atoms with E-state index >= 15 is 0 Å². The maximum atomic E-state index is 12.7. The molecule has 0 spiro atoms. The Morgan fingerprint density at radius 2 is 1.37 bits per heavy atom. The number of thioether (sulfide) groups is 1. The van der Waals surface area contributed by atoms with E-state index in [1.165, 1.54) is 18.7 Å². The fraction of sp³-hybridized carbons (Fsp3) is 0.789. The molecule has 0 aliphatic heterocycles. The van der Waals surface area contributed by atoms with Crippen LogP contribution in [0.5, 0.6) is 0 Å². The molecule has 0 aliphatic carbocycles. The normalized spacial score (nSPS) is 16.3. The fourth-order valence-electron chi connectivity index (χ4n) is 2.49. The second-order valence-electron chi connectivity index (χ2n) is 7.91. The van der Waals surface area contributed by atoms with Gasteiger partial charge in [-0.05, 0) is 37.2 Å². The SMILES string of the molecule is CSCCC(NC(=O)C(NC(=O)C(NC(=O)C(N)C(C)C)C(C)O)C(C)C)C(=O)O. The van der Waals surface area contributed by atoms with Gasteiger partial charge in [0.25, 0.3) is 0 Å². The van der Waals surface area contributed by atoms with Crippen molar-refractivity contribution in [1.82, 2.24) is 16.0 Å². The van der Waals surface area contributed by atoms with Crippen molar-refractivity contribution in [2.45, 2.75) is 71.3 Å². The van der Waals surface area contributed by atoms with Crippen LogP contribution in [-0.2, 0) is 19.2 Å². The molecule has 0 radical (unpaired) electrons. The Hall–Kier alpha value is -1.85. The Kier molecular flexibility index (Phi) is 12.6. The van der Waals surface area contributed by atoms with Crippen molar-refractivity contribution >= 4 is 35.5 Å². The molecule has 5 unspecified atom stereocenters. The lowest BCUT2D eigenvalue weighted by Crippen LogP contribution is -2.61. The molecule has 0 aromatic rings. The van der Waals surface area contributed by atoms with Crippen molar-refractivity contribution in [3.63, 3.8) is 0 Å². The van der Waals surface area contributed by atoms with E-state index < -0.39 is 54.0 Å². The Labute approximate surface area is 182 Å². The van der Waals surface area contributed by atoms with E-state index in [1.54, 1.807) is 27.7 Å². The van der Waals surface area contributed by atoms with Crippen LogP contribution < -0.4 is 21.7 Å². The van der Waals surface area contributed by atoms with Gasteiger partial charge in [0.15, 0.2) is 0 Å². The third-order valence-corrected chi connectivity index (χ3v) is 5.20. The number of nitrogens with one attached hydrogen (secondary N) is 3. The molecule has 30 heavy (non-hydrogen) atoms. The first-order valence-corrected chi connectivity index (χ1v) is 11.3. The zero-order valence-electron chi connectivity index (χ0n) is 18.5. The molecule has 3 amide bonds. The number of hydrogen-bond donors (Lipinski definition) is 6. The summed E-state index contributed by atoms with van der Waals surface area (Å²) in [6.45, 7) is 8.20. The number of aliphatic hydroxyl groups excluding tert-OH is 1. The Bertz CT molecular complexity index is 600. The summed E-state index contributed by atoms with van der Waals surface area (Å²) in [6, 6.07) is -4.32. The Balaban J connectivity index is 5.32. The second-order valence-corrected chi connectivity index (χ2v) is 8.89. The first-order chi connectivity index (χ1) is 13.8. The molecule has 0 fully saturated rings. The van der Waals surface area contributed by atoms with Gasteiger partial charge in [0.2, 0.25) is 17.7 Å². The number of hydrogen-bond acceptors (Lipinski definition) is 7. The summed E-state index contributed by atoms with van der Waals surface area (Å²) >= 11 is 1.45. The molecule has 0 saturated carbocycles. The molecule has 0 heterocycles. The maximum absolute atomic E-state index is 12.7. The molecule has 0 rings (SSSR count). The largest absolute Gasteiger partial charge is 0.480 e. The smallest absolute Gasteiger partial charge is 0.326 e. The molecule has 0 aliphatic rings. The van der Waals surface area contributed by atoms with Gasteiger partial charge >= 0.3 is 5.97 Å². The van der Waals surface area contributed by atoms with Crippen molar-refractivity contribution in [1.29, 1.82) is 0 Å². The van der Waals surface area contributed by atoms with Crippen LogP contribution in [0.1, 0.15) is 41.0 Å². The molecule has 7 N–H and O–H groups in total. The number of amides is 3. The van der Waals surface area contributed by atoms with Crippen LogP contribution in [0.15, 0.2) is 0 Å². The van der Waals surface area contributed by atoms with E-state index in [9.17, 15) is 29.4 Å². The van der Waals surface area contributed by atoms with E-state index in [0.717, 1.165) is 0 Å². The quantitative estimate of drug-likeness (QED) is 0.215. The van der Waals surface area contributed by atoms with Gasteiger partial charge in [0.05, 0.1) is 12.1 Å². The standard InChI is InChI=1S/C19H36N4O6S/c1-9(2)13(20)16(25)23-15(11(5)24)18(27)22-14(10(3)4)17(26)21-12(19(28)29)7-8-30-6/h9-15,24H,7-8,20H2,1-6H3,(H,21,26)(H,22,27)(H,23,25)(H,28,29). The van der Waals surface area contributed by atoms with Crippen LogP contribution in [-0.4, -0.2) is 76.2 Å². The summed E-state index contributed by atoms with van der Waals surface area (Å²) in [7, 11) is 0. The van der Waals surface area contributed by atoms with E-state index in [-0.39, 0.29) is 18.3 Å². The van der Waals surface area contributed by atoms with Crippen LogP contribution in [0.2, 0.25) is 0 Å². The lowest BCUT2D eigenvalue weighted by atomic mass is 10.0. The van der Waals surface area contributed by atoms with Crippen molar-refractivity contribution in [3.8, 4) is 0 Å². The minimum atomic E-state index is -1.32. The molecule has 0 aromatic heterocycles. The van der Waals surface area contributed by atoms with Crippen molar-refractivity contribution in [2.24, 2.45) is 17.6 Å². The zero-order valence-corrected chi connectivity index (χ0v) is 19.3. The maximum Gasteiger partial charge on any atom is 0.326 e. The van der Waals surface area contributed by atoms with E-state index in [1.807, 2.05) is 6.26 Å². The van der Waals surface area contributed by atoms with Gasteiger partial charge in [0, 0.05) is 0 Å². The predicted octanol–water partition coefficient (Wildman–Crippen LogP) is -0.701. The summed E-state index contributed by atoms with van der Waals surface area (Å²) in [6.07, 6.45) is 0.825. The first kappa shape index (κ1) is 28.1. The minimum absolute atomic E-state index is 0.175. The Morgan fingerprint density at radius 3 is 1.77 bits per heavy atom. The molecule has 0 saturated heterocycles. The topological polar surface area (TPSA) is 171 Å². The summed E-state index contributed by atoms with van der Waals surface area (Å²) < 4.78 is 0. The number of carbonyl (C=O) groups is 4. The summed E-state index contributed by atoms with van der Waals surface area (Å²) in [5.41, 5.74) is 5.78. The van der Waals surface area contributed by atoms with Crippen LogP contribution in [0.4, 0.5) is 0 Å². The number of aliphatic carboxylic acids is 1. The van der Waals surface area contributed by atoms with Gasteiger partial charge in [-0.1, -0.05) is 27.7 Å². The first-order valence-electron chi connectivity index (χ1n) is 9.89. The minimum Gasteiger partial charge on any atom is -0.480 e. The summed E-state index contributed by atoms with van der Waals surface area (Å²) in [4.78, 5) is 48.9. The van der Waals surface area contributed by atoms with Crippen LogP contribution >= 0.6 is 11.8 Å². The average Bonchev–Trinajstić information content (AvgIpc) is 2.65. The van der Waals surface area contributed by atoms with Gasteiger partial charge in [-0.2, -0.15) is 11.8 Å². The van der Waals surface area contributed by atoms with Crippen molar-refractivity contribution < 1.29 is 29.4 Å². The van der Waals surface area contributed by atoms with Crippen molar-refractivity contribution in [2.75, 3.05) is 12.0 Å². The molecule has 174 valence electrons. The third-order valence-electron chi connectivity index (χ3n) is 4.56. The van der Waals surface area contributed by atoms with Gasteiger partial charge in [-0.3, -0.25) is 14.4 Å². The molecule has 0 aromatic carbocycles. The highest BCUT2D eigenvalue weighted by molar-refractivity contribution is 7.98. The lowest BCUT2D eigenvalue weighted by molar-refractivity contribution is -0.142. The van der Waals surface area contributed by atoms with E-state index in [0.29, 0.717) is 5.75 Å². The third kappa shape index (κ3) is 9.31. The number of carboxylic acids is 1. The fourth-order valence-corrected chi connectivity index (χ4v) is 2.96. The molecule has 11 heteroatoms. The highest BCUT2D eigenvalue weighted by Gasteiger charge is 2.33. The molecule has 10 nitrogen and oxygen atoms in total. The van der Waals surface area contributed by atoms with Gasteiger partial charge in [-0.15, -0.1) is 0 Å². The Morgan fingerprint density at radius 1 is 0.867 bits per heavy atom. The van der Waals surface area contributed by atoms with Gasteiger partial charge in [0.1, 0.15) is 18.1 Å². The number of aliphatic hydroxyl groups is 1. The average molecular weight is 449 g/mol. The van der Waals surface area contributed by atoms with E-state index in [2.05, 4.69) is 16.0 Å². The summed E-state index contributed by atoms with van der Waals surface area (Å²) in [5.74, 6) is -3.18. The van der Waals surface area contributed by atoms with Crippen LogP contribution in [0.25, 0.3) is 0 Å². The van der Waals surface area contributed by atoms with Gasteiger partial charge < -0.3 is 31.9 Å². The second kappa shape index (κ2) is 13.5. The molecule has 0 bridgehead atoms. The van der Waals surface area contributed by atoms with Crippen LogP contribution in [0.3, 0.4) is 0 Å². The number of carboxylic acid groups (broad SMARTS) is 1. The monoisotopic (exact) mass is 448 g/mol. The van der Waals surface area contributed by atoms with Gasteiger partial charge in [-0.25, -0.2) is 4.79 Å². The number of carbonyl (C=O) groups excluding carboxylic acids is 3. The molecule has 5 atom stereocenters. The molecular formula is C19H36N4O6S. The van der Waals surface area contributed by atoms with Crippen LogP contribution in [0, 0.1) is 11.8 Å². The zero-order chi connectivity index (χ0) is 23.6. The molecular weight excluding hydrogens is 412 g/mol. The highest BCUT2D eigenvalue weighted by Crippen LogP contribution is 2.07. The number of rotatable bonds is 13. The number of nitrogens with two attached hydrogens (primary N) is 1. The van der Waals surface area contributed by atoms with E-state index in [4.69, 9.17) is 5.73 Å².